The number of methoxy groups -OCH3 is 1. The van der Waals surface area contributed by atoms with E-state index in [-0.39, 0.29) is 24.0 Å². The summed E-state index contributed by atoms with van der Waals surface area (Å²) in [5, 5.41) is 11.3. The van der Waals surface area contributed by atoms with E-state index in [0.717, 1.165) is 63.0 Å². The highest BCUT2D eigenvalue weighted by Crippen LogP contribution is 2.13. The van der Waals surface area contributed by atoms with Gasteiger partial charge in [-0.2, -0.15) is 5.10 Å². The van der Waals surface area contributed by atoms with Crippen molar-refractivity contribution in [2.45, 2.75) is 58.7 Å². The summed E-state index contributed by atoms with van der Waals surface area (Å²) in [5.41, 5.74) is 0. The van der Waals surface area contributed by atoms with Crippen LogP contribution in [0.15, 0.2) is 4.99 Å². The van der Waals surface area contributed by atoms with E-state index in [2.05, 4.69) is 39.6 Å². The molecule has 1 aromatic heterocycles. The third-order valence-corrected chi connectivity index (χ3v) is 4.01. The predicted molar refractivity (Wildman–Crippen MR) is 113 cm³/mol. The highest BCUT2D eigenvalue weighted by Gasteiger charge is 2.22. The summed E-state index contributed by atoms with van der Waals surface area (Å²) in [6.07, 6.45) is 4.19. The molecule has 0 saturated heterocycles. The fraction of sp³-hybridized carbons (Fsp3) is 0.824. The van der Waals surface area contributed by atoms with E-state index in [1.807, 2.05) is 4.68 Å². The van der Waals surface area contributed by atoms with Crippen molar-refractivity contribution in [3.8, 4) is 0 Å². The van der Waals surface area contributed by atoms with Crippen LogP contribution in [0.1, 0.15) is 44.8 Å². The number of unbranched alkanes of at least 4 members (excludes halogenated alkanes) is 1. The first-order valence-corrected chi connectivity index (χ1v) is 9.30. The molecule has 0 bridgehead atoms. The van der Waals surface area contributed by atoms with E-state index in [4.69, 9.17) is 9.47 Å². The molecule has 2 N–H and O–H groups in total. The van der Waals surface area contributed by atoms with Crippen LogP contribution in [0.25, 0.3) is 0 Å². The highest BCUT2D eigenvalue weighted by molar-refractivity contribution is 14.0. The quantitative estimate of drug-likeness (QED) is 0.230. The fourth-order valence-corrected chi connectivity index (χ4v) is 2.75. The molecular weight excluding hydrogens is 447 g/mol. The maximum atomic E-state index is 5.57. The van der Waals surface area contributed by atoms with Gasteiger partial charge in [0.25, 0.3) is 0 Å². The van der Waals surface area contributed by atoms with Crippen molar-refractivity contribution in [3.05, 3.63) is 11.6 Å². The fourth-order valence-electron chi connectivity index (χ4n) is 2.75. The number of aryl methyl sites for hydroxylation is 1. The van der Waals surface area contributed by atoms with Crippen molar-refractivity contribution in [1.82, 2.24) is 25.4 Å². The Morgan fingerprint density at radius 1 is 1.35 bits per heavy atom. The molecule has 1 atom stereocenters. The van der Waals surface area contributed by atoms with E-state index in [1.54, 1.807) is 7.11 Å². The Morgan fingerprint density at radius 2 is 2.19 bits per heavy atom. The average Bonchev–Trinajstić information content (AvgIpc) is 3.00. The molecule has 0 radical (unpaired) electrons. The third-order valence-electron chi connectivity index (χ3n) is 4.01. The number of ether oxygens (including phenoxy) is 2. The number of hydrogen-bond donors (Lipinski definition) is 2. The Morgan fingerprint density at radius 3 is 2.92 bits per heavy atom. The van der Waals surface area contributed by atoms with Crippen molar-refractivity contribution in [1.29, 1.82) is 0 Å². The molecule has 2 rings (SSSR count). The molecule has 2 heterocycles. The van der Waals surface area contributed by atoms with Crippen LogP contribution in [-0.4, -0.2) is 60.2 Å². The molecule has 0 spiro atoms. The molecule has 26 heavy (non-hydrogen) atoms. The molecule has 9 heteroatoms. The van der Waals surface area contributed by atoms with Crippen LogP contribution in [0.2, 0.25) is 0 Å². The number of hydrogen-bond acceptors (Lipinski definition) is 5. The zero-order valence-electron chi connectivity index (χ0n) is 16.2. The summed E-state index contributed by atoms with van der Waals surface area (Å²) < 4.78 is 12.7. The molecule has 0 fully saturated rings. The number of halogens is 1. The van der Waals surface area contributed by atoms with Crippen LogP contribution in [0.4, 0.5) is 0 Å². The second kappa shape index (κ2) is 13.3. The Bertz CT molecular complexity index is 537. The van der Waals surface area contributed by atoms with Crippen LogP contribution in [0.5, 0.6) is 0 Å². The Kier molecular flexibility index (Phi) is 11.8. The van der Waals surface area contributed by atoms with Gasteiger partial charge in [-0.1, -0.05) is 13.3 Å². The number of nitrogens with zero attached hydrogens (tertiary/aromatic N) is 4. The van der Waals surface area contributed by atoms with E-state index in [0.29, 0.717) is 25.8 Å². The van der Waals surface area contributed by atoms with Crippen molar-refractivity contribution in [2.75, 3.05) is 33.4 Å². The number of guanidine groups is 1. The largest absolute Gasteiger partial charge is 0.380 e. The maximum Gasteiger partial charge on any atom is 0.191 e. The number of nitrogens with one attached hydrogen (secondary N) is 2. The molecular formula is C17H33IN6O2. The molecule has 1 unspecified atom stereocenters. The third kappa shape index (κ3) is 7.75. The SMILES string of the molecule is CCCCOCCN=C(NCC)NC1CCc2nc(COC)nn2C1.I. The van der Waals surface area contributed by atoms with E-state index in [9.17, 15) is 0 Å². The molecule has 1 aliphatic heterocycles. The number of rotatable bonds is 10. The number of aliphatic imine (C=N–C) groups is 1. The van der Waals surface area contributed by atoms with Crippen LogP contribution in [0, 0.1) is 0 Å². The van der Waals surface area contributed by atoms with Gasteiger partial charge in [0.1, 0.15) is 12.4 Å². The Labute approximate surface area is 173 Å². The second-order valence-electron chi connectivity index (χ2n) is 6.17. The van der Waals surface area contributed by atoms with E-state index < -0.39 is 0 Å². The van der Waals surface area contributed by atoms with Gasteiger partial charge < -0.3 is 20.1 Å². The Balaban J connectivity index is 0.00000338. The van der Waals surface area contributed by atoms with Crippen molar-refractivity contribution < 1.29 is 9.47 Å². The summed E-state index contributed by atoms with van der Waals surface area (Å²) in [7, 11) is 1.66. The first-order chi connectivity index (χ1) is 12.3. The van der Waals surface area contributed by atoms with Gasteiger partial charge in [0.05, 0.1) is 19.7 Å². The van der Waals surface area contributed by atoms with Crippen molar-refractivity contribution in [2.24, 2.45) is 4.99 Å². The predicted octanol–water partition coefficient (Wildman–Crippen LogP) is 1.73. The first-order valence-electron chi connectivity index (χ1n) is 9.30. The topological polar surface area (TPSA) is 85.6 Å². The summed E-state index contributed by atoms with van der Waals surface area (Å²) in [4.78, 5) is 9.11. The lowest BCUT2D eigenvalue weighted by molar-refractivity contribution is 0.138. The molecule has 0 saturated carbocycles. The molecule has 0 aliphatic carbocycles. The minimum absolute atomic E-state index is 0. The smallest absolute Gasteiger partial charge is 0.191 e. The second-order valence-corrected chi connectivity index (χ2v) is 6.17. The number of fused-ring (bicyclic) bond motifs is 1. The van der Waals surface area contributed by atoms with Crippen molar-refractivity contribution >= 4 is 29.9 Å². The lowest BCUT2D eigenvalue weighted by Crippen LogP contribution is -2.47. The summed E-state index contributed by atoms with van der Waals surface area (Å²) in [6, 6.07) is 0.295. The van der Waals surface area contributed by atoms with Gasteiger partial charge in [0, 0.05) is 32.7 Å². The molecule has 1 aromatic rings. The summed E-state index contributed by atoms with van der Waals surface area (Å²) in [6.45, 7) is 8.47. The zero-order valence-corrected chi connectivity index (χ0v) is 18.5. The van der Waals surface area contributed by atoms with Gasteiger partial charge in [0.2, 0.25) is 0 Å². The van der Waals surface area contributed by atoms with Gasteiger partial charge in [-0.3, -0.25) is 4.99 Å². The maximum absolute atomic E-state index is 5.57. The van der Waals surface area contributed by atoms with Crippen LogP contribution < -0.4 is 10.6 Å². The standard InChI is InChI=1S/C17H32N6O2.HI/c1-4-6-10-25-11-9-19-17(18-5-2)20-14-7-8-16-21-15(13-24-3)22-23(16)12-14;/h14H,4-13H2,1-3H3,(H2,18,19,20);1H. The number of aromatic nitrogens is 3. The van der Waals surface area contributed by atoms with Gasteiger partial charge in [-0.25, -0.2) is 9.67 Å². The van der Waals surface area contributed by atoms with Crippen LogP contribution in [0.3, 0.4) is 0 Å². The van der Waals surface area contributed by atoms with Crippen LogP contribution in [-0.2, 0) is 29.0 Å². The minimum Gasteiger partial charge on any atom is -0.380 e. The van der Waals surface area contributed by atoms with Gasteiger partial charge in [0.15, 0.2) is 11.8 Å². The van der Waals surface area contributed by atoms with Gasteiger partial charge >= 0.3 is 0 Å². The summed E-state index contributed by atoms with van der Waals surface area (Å²) in [5.74, 6) is 2.63. The van der Waals surface area contributed by atoms with E-state index in [1.165, 1.54) is 0 Å². The van der Waals surface area contributed by atoms with E-state index >= 15 is 0 Å². The monoisotopic (exact) mass is 480 g/mol. The molecule has 8 nitrogen and oxygen atoms in total. The minimum atomic E-state index is 0. The lowest BCUT2D eigenvalue weighted by atomic mass is 10.1. The average molecular weight is 480 g/mol. The lowest BCUT2D eigenvalue weighted by Gasteiger charge is -2.25. The normalized spacial score (nSPS) is 16.7. The Hall–Kier alpha value is -0.940. The van der Waals surface area contributed by atoms with Crippen LogP contribution >= 0.6 is 24.0 Å². The van der Waals surface area contributed by atoms with Gasteiger partial charge in [-0.15, -0.1) is 24.0 Å². The first kappa shape index (κ1) is 23.1. The zero-order chi connectivity index (χ0) is 17.9. The van der Waals surface area contributed by atoms with Crippen molar-refractivity contribution in [3.63, 3.8) is 0 Å². The molecule has 1 aliphatic rings. The highest BCUT2D eigenvalue weighted by atomic mass is 127. The molecule has 150 valence electrons. The molecule has 0 aromatic carbocycles. The van der Waals surface area contributed by atoms with Gasteiger partial charge in [-0.05, 0) is 19.8 Å². The molecule has 0 amide bonds. The summed E-state index contributed by atoms with van der Waals surface area (Å²) >= 11 is 0.